The van der Waals surface area contributed by atoms with E-state index < -0.39 is 10.9 Å². The summed E-state index contributed by atoms with van der Waals surface area (Å²) in [5.74, 6) is 0.0292. The molecule has 0 aliphatic heterocycles. The summed E-state index contributed by atoms with van der Waals surface area (Å²) in [6.07, 6.45) is 0. The van der Waals surface area contributed by atoms with Crippen LogP contribution in [0.25, 0.3) is 5.69 Å². The van der Waals surface area contributed by atoms with Crippen molar-refractivity contribution in [3.05, 3.63) is 72.8 Å². The maximum Gasteiger partial charge on any atom is 0.256 e. The number of benzene rings is 1. The first-order chi connectivity index (χ1) is 11.4. The molecule has 3 aromatic rings. The fourth-order valence-corrected chi connectivity index (χ4v) is 2.52. The van der Waals surface area contributed by atoms with Gasteiger partial charge in [0.25, 0.3) is 10.9 Å². The Morgan fingerprint density at radius 1 is 1.21 bits per heavy atom. The minimum Gasteiger partial charge on any atom is -0.290 e. The van der Waals surface area contributed by atoms with Gasteiger partial charge in [-0.2, -0.15) is 5.10 Å². The first-order valence-corrected chi connectivity index (χ1v) is 7.42. The minimum atomic E-state index is -0.723. The summed E-state index contributed by atoms with van der Waals surface area (Å²) >= 11 is 5.83. The van der Waals surface area contributed by atoms with Crippen molar-refractivity contribution >= 4 is 23.1 Å². The van der Waals surface area contributed by atoms with Crippen molar-refractivity contribution in [3.63, 3.8) is 0 Å². The lowest BCUT2D eigenvalue weighted by Gasteiger charge is -2.11. The van der Waals surface area contributed by atoms with Gasteiger partial charge in [-0.25, -0.2) is 9.67 Å². The summed E-state index contributed by atoms with van der Waals surface area (Å²) in [4.78, 5) is 28.0. The SMILES string of the molecule is Cc1cc(C)n(-c2c(N=C(NO)c3ccc(Cl)cc3)c(=O)c2=O)n1. The molecule has 3 rings (SSSR count). The predicted molar refractivity (Wildman–Crippen MR) is 90.5 cm³/mol. The van der Waals surface area contributed by atoms with Crippen molar-refractivity contribution < 1.29 is 5.21 Å². The molecule has 0 saturated carbocycles. The number of aryl methyl sites for hydroxylation is 2. The van der Waals surface area contributed by atoms with Gasteiger partial charge in [0.05, 0.1) is 5.69 Å². The molecule has 0 saturated heterocycles. The van der Waals surface area contributed by atoms with Crippen LogP contribution < -0.4 is 16.3 Å². The molecular weight excluding hydrogens is 332 g/mol. The van der Waals surface area contributed by atoms with Crippen LogP contribution in [0.15, 0.2) is 44.9 Å². The normalized spacial score (nSPS) is 11.9. The van der Waals surface area contributed by atoms with Gasteiger partial charge in [-0.15, -0.1) is 0 Å². The second-order valence-corrected chi connectivity index (χ2v) is 5.71. The molecule has 0 unspecified atom stereocenters. The van der Waals surface area contributed by atoms with Crippen LogP contribution in [0, 0.1) is 13.8 Å². The molecule has 1 aromatic heterocycles. The number of nitrogens with zero attached hydrogens (tertiary/aromatic N) is 3. The third-order valence-electron chi connectivity index (χ3n) is 3.53. The Balaban J connectivity index is 2.12. The van der Waals surface area contributed by atoms with Crippen molar-refractivity contribution in [1.29, 1.82) is 0 Å². The summed E-state index contributed by atoms with van der Waals surface area (Å²) in [5, 5.41) is 14.1. The van der Waals surface area contributed by atoms with Crippen LogP contribution in [-0.2, 0) is 0 Å². The summed E-state index contributed by atoms with van der Waals surface area (Å²) in [5.41, 5.74) is 2.53. The maximum absolute atomic E-state index is 11.9. The van der Waals surface area contributed by atoms with E-state index in [0.717, 1.165) is 0 Å². The van der Waals surface area contributed by atoms with Crippen molar-refractivity contribution in [1.82, 2.24) is 15.3 Å². The molecule has 122 valence electrons. The lowest BCUT2D eigenvalue weighted by atomic mass is 10.1. The number of hydrogen-bond acceptors (Lipinski definition) is 5. The Bertz CT molecular complexity index is 1010. The monoisotopic (exact) mass is 344 g/mol. The number of hydrogen-bond donors (Lipinski definition) is 2. The molecule has 2 aromatic carbocycles. The lowest BCUT2D eigenvalue weighted by Crippen LogP contribution is -2.36. The highest BCUT2D eigenvalue weighted by Gasteiger charge is 2.25. The zero-order valence-corrected chi connectivity index (χ0v) is 13.6. The molecular formula is C16H13ClN4O3. The average Bonchev–Trinajstić information content (AvgIpc) is 2.89. The third kappa shape index (κ3) is 2.64. The quantitative estimate of drug-likeness (QED) is 0.327. The highest BCUT2D eigenvalue weighted by Crippen LogP contribution is 2.20. The fraction of sp³-hybridized carbons (Fsp3) is 0.125. The fourth-order valence-electron chi connectivity index (χ4n) is 2.40. The van der Waals surface area contributed by atoms with Gasteiger partial charge in [0.2, 0.25) is 0 Å². The topological polar surface area (TPSA) is 96.6 Å². The first kappa shape index (κ1) is 16.1. The number of hydroxylamine groups is 1. The number of rotatable bonds is 3. The molecule has 8 heteroatoms. The predicted octanol–water partition coefficient (Wildman–Crippen LogP) is 1.80. The van der Waals surface area contributed by atoms with Gasteiger partial charge in [-0.1, -0.05) is 11.6 Å². The van der Waals surface area contributed by atoms with Gasteiger partial charge >= 0.3 is 0 Å². The van der Waals surface area contributed by atoms with E-state index in [1.54, 1.807) is 44.2 Å². The highest BCUT2D eigenvalue weighted by molar-refractivity contribution is 6.30. The van der Waals surface area contributed by atoms with Gasteiger partial charge in [-0.05, 0) is 44.2 Å². The average molecular weight is 345 g/mol. The third-order valence-corrected chi connectivity index (χ3v) is 3.78. The van der Waals surface area contributed by atoms with Gasteiger partial charge in [-0.3, -0.25) is 20.3 Å². The van der Waals surface area contributed by atoms with E-state index in [1.165, 1.54) is 4.68 Å². The van der Waals surface area contributed by atoms with Crippen molar-refractivity contribution in [2.45, 2.75) is 13.8 Å². The van der Waals surface area contributed by atoms with Crippen molar-refractivity contribution in [3.8, 4) is 5.69 Å². The zero-order valence-electron chi connectivity index (χ0n) is 12.9. The van der Waals surface area contributed by atoms with Gasteiger partial charge < -0.3 is 0 Å². The number of amidine groups is 1. The summed E-state index contributed by atoms with van der Waals surface area (Å²) in [6.45, 7) is 3.56. The smallest absolute Gasteiger partial charge is 0.256 e. The van der Waals surface area contributed by atoms with Crippen LogP contribution >= 0.6 is 11.6 Å². The molecule has 0 amide bonds. The van der Waals surface area contributed by atoms with Crippen LogP contribution in [0.4, 0.5) is 5.69 Å². The molecule has 2 N–H and O–H groups in total. The largest absolute Gasteiger partial charge is 0.290 e. The van der Waals surface area contributed by atoms with Gasteiger partial charge in [0, 0.05) is 16.3 Å². The Kier molecular flexibility index (Phi) is 4.04. The minimum absolute atomic E-state index is 0.0292. The number of nitrogens with one attached hydrogen (secondary N) is 1. The van der Waals surface area contributed by atoms with E-state index in [1.807, 2.05) is 5.48 Å². The van der Waals surface area contributed by atoms with Gasteiger partial charge in [0.15, 0.2) is 5.84 Å². The van der Waals surface area contributed by atoms with Crippen molar-refractivity contribution in [2.24, 2.45) is 4.99 Å². The Hall–Kier alpha value is -2.77. The van der Waals surface area contributed by atoms with Crippen molar-refractivity contribution in [2.75, 3.05) is 0 Å². The standard InChI is InChI=1S/C16H13ClN4O3/c1-8-7-9(2)21(19-8)13-12(14(22)15(13)23)18-16(20-24)10-3-5-11(17)6-4-10/h3-7,24H,1-2H3,(H,18,20). The lowest BCUT2D eigenvalue weighted by molar-refractivity contribution is 0.235. The van der Waals surface area contributed by atoms with E-state index in [4.69, 9.17) is 11.6 Å². The van der Waals surface area contributed by atoms with E-state index >= 15 is 0 Å². The zero-order chi connectivity index (χ0) is 17.4. The second-order valence-electron chi connectivity index (χ2n) is 5.27. The molecule has 0 aliphatic rings. The summed E-state index contributed by atoms with van der Waals surface area (Å²) < 4.78 is 1.38. The molecule has 0 bridgehead atoms. The van der Waals surface area contributed by atoms with E-state index in [0.29, 0.717) is 22.0 Å². The number of aliphatic imine (C=N–C) groups is 1. The Labute approximate surface area is 141 Å². The molecule has 0 aliphatic carbocycles. The maximum atomic E-state index is 11.9. The number of aromatic nitrogens is 2. The number of halogens is 1. The van der Waals surface area contributed by atoms with Crippen LogP contribution in [0.5, 0.6) is 0 Å². The van der Waals surface area contributed by atoms with E-state index in [9.17, 15) is 14.8 Å². The van der Waals surface area contributed by atoms with Crippen LogP contribution in [0.3, 0.4) is 0 Å². The van der Waals surface area contributed by atoms with E-state index in [-0.39, 0.29) is 17.2 Å². The molecule has 0 spiro atoms. The Morgan fingerprint density at radius 3 is 2.42 bits per heavy atom. The highest BCUT2D eigenvalue weighted by atomic mass is 35.5. The molecule has 7 nitrogen and oxygen atoms in total. The summed E-state index contributed by atoms with van der Waals surface area (Å²) in [7, 11) is 0. The van der Waals surface area contributed by atoms with Crippen LogP contribution in [-0.4, -0.2) is 20.8 Å². The van der Waals surface area contributed by atoms with E-state index in [2.05, 4.69) is 10.1 Å². The molecule has 0 atom stereocenters. The molecule has 0 radical (unpaired) electrons. The Morgan fingerprint density at radius 2 is 1.88 bits per heavy atom. The first-order valence-electron chi connectivity index (χ1n) is 7.04. The molecule has 24 heavy (non-hydrogen) atoms. The molecule has 1 heterocycles. The van der Waals surface area contributed by atoms with Crippen LogP contribution in [0.1, 0.15) is 17.0 Å². The van der Waals surface area contributed by atoms with Crippen LogP contribution in [0.2, 0.25) is 5.02 Å². The second kappa shape index (κ2) is 6.03. The van der Waals surface area contributed by atoms with Gasteiger partial charge in [0.1, 0.15) is 11.4 Å². The summed E-state index contributed by atoms with van der Waals surface area (Å²) in [6, 6.07) is 8.27. The molecule has 0 fully saturated rings.